The molecule has 0 spiro atoms. The van der Waals surface area contributed by atoms with Gasteiger partial charge < -0.3 is 19.7 Å². The summed E-state index contributed by atoms with van der Waals surface area (Å²) in [7, 11) is 1.70. The largest absolute Gasteiger partial charge is 0.494 e. The normalized spacial score (nSPS) is 11.4. The standard InChI is InChI=1S/C20H23N3O2/c1-3-12-23(14-25-2)16-10-8-15(9-11-16)21-13-18-17-6-4-5-7-19(17)22-20(18)24/h4-11,13,22,24H,3,12,14H2,1-2H3. The Balaban J connectivity index is 1.80. The Morgan fingerprint density at radius 3 is 2.64 bits per heavy atom. The summed E-state index contributed by atoms with van der Waals surface area (Å²) in [5, 5.41) is 11.0. The first-order valence-electron chi connectivity index (χ1n) is 8.40. The van der Waals surface area contributed by atoms with Gasteiger partial charge in [-0.05, 0) is 36.8 Å². The molecule has 0 amide bonds. The Morgan fingerprint density at radius 1 is 1.16 bits per heavy atom. The maximum absolute atomic E-state index is 10.1. The first kappa shape index (κ1) is 17.0. The molecule has 0 aliphatic carbocycles. The number of aromatic amines is 1. The summed E-state index contributed by atoms with van der Waals surface area (Å²) in [6.45, 7) is 3.66. The second-order valence-electron chi connectivity index (χ2n) is 5.89. The van der Waals surface area contributed by atoms with Crippen LogP contribution in [0.1, 0.15) is 18.9 Å². The second-order valence-corrected chi connectivity index (χ2v) is 5.89. The minimum absolute atomic E-state index is 0.135. The Labute approximate surface area is 147 Å². The summed E-state index contributed by atoms with van der Waals surface area (Å²) >= 11 is 0. The number of anilines is 1. The van der Waals surface area contributed by atoms with Gasteiger partial charge in [0.25, 0.3) is 0 Å². The predicted octanol–water partition coefficient (Wildman–Crippen LogP) is 4.44. The van der Waals surface area contributed by atoms with E-state index in [1.807, 2.05) is 48.5 Å². The summed E-state index contributed by atoms with van der Waals surface area (Å²) in [5.74, 6) is 0.135. The highest BCUT2D eigenvalue weighted by Gasteiger charge is 2.08. The van der Waals surface area contributed by atoms with E-state index in [1.165, 1.54) is 0 Å². The van der Waals surface area contributed by atoms with E-state index in [0.717, 1.165) is 35.2 Å². The van der Waals surface area contributed by atoms with Crippen molar-refractivity contribution >= 4 is 28.5 Å². The first-order chi connectivity index (χ1) is 12.2. The molecule has 3 rings (SSSR count). The van der Waals surface area contributed by atoms with E-state index < -0.39 is 0 Å². The van der Waals surface area contributed by atoms with Crippen molar-refractivity contribution in [3.05, 3.63) is 54.1 Å². The van der Waals surface area contributed by atoms with Crippen LogP contribution in [0.25, 0.3) is 10.9 Å². The fourth-order valence-corrected chi connectivity index (χ4v) is 2.86. The third-order valence-electron chi connectivity index (χ3n) is 4.06. The van der Waals surface area contributed by atoms with Crippen molar-refractivity contribution in [1.82, 2.24) is 4.98 Å². The number of aromatic nitrogens is 1. The number of para-hydroxylation sites is 1. The van der Waals surface area contributed by atoms with Gasteiger partial charge in [0, 0.05) is 36.5 Å². The number of rotatable bonds is 7. The van der Waals surface area contributed by atoms with Gasteiger partial charge in [0.05, 0.1) is 11.3 Å². The number of benzene rings is 2. The molecule has 0 bridgehead atoms. The SMILES string of the molecule is CCCN(COC)c1ccc(N=Cc2c(O)[nH]c3ccccc23)cc1. The molecule has 25 heavy (non-hydrogen) atoms. The fraction of sp³-hybridized carbons (Fsp3) is 0.250. The lowest BCUT2D eigenvalue weighted by Crippen LogP contribution is -2.26. The lowest BCUT2D eigenvalue weighted by Gasteiger charge is -2.23. The Hall–Kier alpha value is -2.79. The predicted molar refractivity (Wildman–Crippen MR) is 103 cm³/mol. The summed E-state index contributed by atoms with van der Waals surface area (Å²) in [6, 6.07) is 15.8. The van der Waals surface area contributed by atoms with E-state index in [2.05, 4.69) is 21.8 Å². The summed E-state index contributed by atoms with van der Waals surface area (Å²) in [6.07, 6.45) is 2.76. The summed E-state index contributed by atoms with van der Waals surface area (Å²) < 4.78 is 5.26. The number of nitrogens with one attached hydrogen (secondary N) is 1. The van der Waals surface area contributed by atoms with Crippen LogP contribution in [0.15, 0.2) is 53.5 Å². The van der Waals surface area contributed by atoms with Crippen molar-refractivity contribution in [2.45, 2.75) is 13.3 Å². The zero-order valence-corrected chi connectivity index (χ0v) is 14.6. The second kappa shape index (κ2) is 7.85. The summed E-state index contributed by atoms with van der Waals surface area (Å²) in [4.78, 5) is 9.64. The van der Waals surface area contributed by atoms with Crippen molar-refractivity contribution in [2.75, 3.05) is 25.3 Å². The van der Waals surface area contributed by atoms with Gasteiger partial charge in [0.15, 0.2) is 5.88 Å². The van der Waals surface area contributed by atoms with Crippen LogP contribution in [0.3, 0.4) is 0 Å². The Kier molecular flexibility index (Phi) is 5.36. The fourth-order valence-electron chi connectivity index (χ4n) is 2.86. The molecule has 2 N–H and O–H groups in total. The quantitative estimate of drug-likeness (QED) is 0.495. The molecule has 0 radical (unpaired) electrons. The maximum atomic E-state index is 10.1. The zero-order chi connectivity index (χ0) is 17.6. The zero-order valence-electron chi connectivity index (χ0n) is 14.6. The molecular formula is C20H23N3O2. The molecule has 1 aromatic heterocycles. The molecule has 1 heterocycles. The van der Waals surface area contributed by atoms with Gasteiger partial charge in [0.2, 0.25) is 0 Å². The average molecular weight is 337 g/mol. The number of hydrogen-bond acceptors (Lipinski definition) is 4. The number of aliphatic imine (C=N–C) groups is 1. The van der Waals surface area contributed by atoms with Gasteiger partial charge in [0.1, 0.15) is 6.73 Å². The van der Waals surface area contributed by atoms with Crippen molar-refractivity contribution in [1.29, 1.82) is 0 Å². The molecule has 2 aromatic carbocycles. The van der Waals surface area contributed by atoms with Gasteiger partial charge in [-0.15, -0.1) is 0 Å². The first-order valence-corrected chi connectivity index (χ1v) is 8.40. The van der Waals surface area contributed by atoms with Crippen LogP contribution < -0.4 is 4.90 Å². The third-order valence-corrected chi connectivity index (χ3v) is 4.06. The highest BCUT2D eigenvalue weighted by atomic mass is 16.5. The van der Waals surface area contributed by atoms with Crippen LogP contribution in [0.2, 0.25) is 0 Å². The molecule has 130 valence electrons. The number of nitrogens with zero attached hydrogens (tertiary/aromatic N) is 2. The van der Waals surface area contributed by atoms with Gasteiger partial charge in [-0.3, -0.25) is 4.99 Å². The van der Waals surface area contributed by atoms with Gasteiger partial charge in [-0.25, -0.2) is 0 Å². The van der Waals surface area contributed by atoms with Crippen LogP contribution in [0.5, 0.6) is 5.88 Å². The van der Waals surface area contributed by atoms with Crippen molar-refractivity contribution in [2.24, 2.45) is 4.99 Å². The van der Waals surface area contributed by atoms with Gasteiger partial charge in [-0.1, -0.05) is 25.1 Å². The molecule has 0 aliphatic heterocycles. The highest BCUT2D eigenvalue weighted by molar-refractivity contribution is 6.02. The number of fused-ring (bicyclic) bond motifs is 1. The van der Waals surface area contributed by atoms with Gasteiger partial charge >= 0.3 is 0 Å². The Morgan fingerprint density at radius 2 is 1.92 bits per heavy atom. The van der Waals surface area contributed by atoms with Crippen LogP contribution in [-0.2, 0) is 4.74 Å². The highest BCUT2D eigenvalue weighted by Crippen LogP contribution is 2.26. The lowest BCUT2D eigenvalue weighted by atomic mass is 10.2. The number of ether oxygens (including phenoxy) is 1. The Bertz CT molecular complexity index is 847. The molecule has 0 fully saturated rings. The molecule has 0 aliphatic rings. The smallest absolute Gasteiger partial charge is 0.198 e. The van der Waals surface area contributed by atoms with E-state index in [9.17, 15) is 5.11 Å². The average Bonchev–Trinajstić information content (AvgIpc) is 2.95. The van der Waals surface area contributed by atoms with Crippen molar-refractivity contribution < 1.29 is 9.84 Å². The van der Waals surface area contributed by atoms with Crippen LogP contribution >= 0.6 is 0 Å². The molecule has 0 saturated carbocycles. The topological polar surface area (TPSA) is 60.9 Å². The number of methoxy groups -OCH3 is 1. The van der Waals surface area contributed by atoms with Crippen LogP contribution in [0, 0.1) is 0 Å². The molecule has 3 aromatic rings. The van der Waals surface area contributed by atoms with E-state index in [0.29, 0.717) is 12.3 Å². The minimum atomic E-state index is 0.135. The number of H-pyrrole nitrogens is 1. The molecule has 0 atom stereocenters. The van der Waals surface area contributed by atoms with E-state index >= 15 is 0 Å². The molecule has 0 unspecified atom stereocenters. The van der Waals surface area contributed by atoms with E-state index in [-0.39, 0.29) is 5.88 Å². The van der Waals surface area contributed by atoms with Crippen molar-refractivity contribution in [3.8, 4) is 5.88 Å². The third kappa shape index (κ3) is 3.83. The number of hydrogen-bond donors (Lipinski definition) is 2. The van der Waals surface area contributed by atoms with Gasteiger partial charge in [-0.2, -0.15) is 0 Å². The maximum Gasteiger partial charge on any atom is 0.198 e. The minimum Gasteiger partial charge on any atom is -0.494 e. The lowest BCUT2D eigenvalue weighted by molar-refractivity contribution is 0.197. The molecule has 0 saturated heterocycles. The summed E-state index contributed by atoms with van der Waals surface area (Å²) in [5.41, 5.74) is 3.54. The van der Waals surface area contributed by atoms with Crippen LogP contribution in [0.4, 0.5) is 11.4 Å². The van der Waals surface area contributed by atoms with E-state index in [1.54, 1.807) is 13.3 Å². The molecule has 5 heteroatoms. The van der Waals surface area contributed by atoms with Crippen LogP contribution in [-0.4, -0.2) is 36.7 Å². The molecule has 5 nitrogen and oxygen atoms in total. The number of aromatic hydroxyl groups is 1. The monoisotopic (exact) mass is 337 g/mol. The molecular weight excluding hydrogens is 314 g/mol. The van der Waals surface area contributed by atoms with Crippen molar-refractivity contribution in [3.63, 3.8) is 0 Å². The van der Waals surface area contributed by atoms with E-state index in [4.69, 9.17) is 4.74 Å².